The van der Waals surface area contributed by atoms with E-state index in [1.807, 2.05) is 30.3 Å². The fourth-order valence-corrected chi connectivity index (χ4v) is 5.44. The molecule has 1 saturated heterocycles. The number of carbonyl (C=O) groups excluding carboxylic acids is 1. The topological polar surface area (TPSA) is 67.5 Å². The Morgan fingerprint density at radius 2 is 1.97 bits per heavy atom. The van der Waals surface area contributed by atoms with Crippen molar-refractivity contribution in [3.8, 4) is 22.8 Å². The van der Waals surface area contributed by atoms with Crippen LogP contribution in [0.4, 0.5) is 0 Å². The summed E-state index contributed by atoms with van der Waals surface area (Å²) in [5, 5.41) is 12.8. The Labute approximate surface area is 189 Å². The lowest BCUT2D eigenvalue weighted by atomic mass is 9.97. The molecule has 0 bridgehead atoms. The third kappa shape index (κ3) is 3.47. The van der Waals surface area contributed by atoms with Gasteiger partial charge in [-0.05, 0) is 84.2 Å². The molecule has 0 aliphatic carbocycles. The lowest BCUT2D eigenvalue weighted by molar-refractivity contribution is -0.123. The summed E-state index contributed by atoms with van der Waals surface area (Å²) in [6.45, 7) is 2.22. The molecule has 0 saturated carbocycles. The number of aromatic amines is 1. The number of likely N-dealkylation sites (tertiary alicyclic amines) is 1. The lowest BCUT2D eigenvalue weighted by Gasteiger charge is -2.26. The highest BCUT2D eigenvalue weighted by Gasteiger charge is 2.30. The Bertz CT molecular complexity index is 1280. The van der Waals surface area contributed by atoms with Gasteiger partial charge < -0.3 is 9.47 Å². The molecule has 1 N–H and O–H groups in total. The zero-order chi connectivity index (χ0) is 21.5. The van der Waals surface area contributed by atoms with Gasteiger partial charge in [-0.15, -0.1) is 0 Å². The predicted molar refractivity (Wildman–Crippen MR) is 124 cm³/mol. The zero-order valence-electron chi connectivity index (χ0n) is 17.5. The van der Waals surface area contributed by atoms with Crippen molar-refractivity contribution in [2.45, 2.75) is 25.3 Å². The van der Waals surface area contributed by atoms with Gasteiger partial charge >= 0.3 is 0 Å². The highest BCUT2D eigenvalue weighted by Crippen LogP contribution is 2.37. The number of rotatable bonds is 6. The maximum absolute atomic E-state index is 13.5. The number of nitrogens with one attached hydrogen (secondary N) is 1. The van der Waals surface area contributed by atoms with Crippen molar-refractivity contribution in [2.75, 3.05) is 19.9 Å². The Hall–Kier alpha value is -3.16. The molecule has 2 aliphatic heterocycles. The predicted octanol–water partition coefficient (Wildman–Crippen LogP) is 4.97. The molecule has 6 nitrogen and oxygen atoms in total. The summed E-state index contributed by atoms with van der Waals surface area (Å²) in [6.07, 6.45) is 2.72. The second kappa shape index (κ2) is 8.07. The molecular weight excluding hydrogens is 422 g/mol. The second-order valence-electron chi connectivity index (χ2n) is 8.37. The third-order valence-corrected chi connectivity index (χ3v) is 7.02. The molecule has 32 heavy (non-hydrogen) atoms. The van der Waals surface area contributed by atoms with Crippen molar-refractivity contribution < 1.29 is 14.3 Å². The fraction of sp³-hybridized carbons (Fsp3) is 0.280. The minimum Gasteiger partial charge on any atom is -0.454 e. The van der Waals surface area contributed by atoms with Gasteiger partial charge in [0.2, 0.25) is 6.79 Å². The molecule has 1 fully saturated rings. The first kappa shape index (κ1) is 19.5. The zero-order valence-corrected chi connectivity index (χ0v) is 18.4. The van der Waals surface area contributed by atoms with Crippen LogP contribution in [0.3, 0.4) is 0 Å². The monoisotopic (exact) mass is 445 g/mol. The number of H-pyrrole nitrogens is 1. The van der Waals surface area contributed by atoms with Crippen LogP contribution in [-0.4, -0.2) is 40.8 Å². The van der Waals surface area contributed by atoms with Crippen LogP contribution >= 0.6 is 11.3 Å². The van der Waals surface area contributed by atoms with E-state index in [4.69, 9.17) is 9.47 Å². The molecule has 2 aromatic heterocycles. The third-order valence-electron chi connectivity index (χ3n) is 6.32. The van der Waals surface area contributed by atoms with E-state index < -0.39 is 0 Å². The van der Waals surface area contributed by atoms with Crippen LogP contribution in [0.2, 0.25) is 0 Å². The smallest absolute Gasteiger partial charge is 0.231 e. The number of hydrogen-bond donors (Lipinski definition) is 1. The standard InChI is InChI=1S/C25H23N3O3S/c29-21(25(18-7-10-32-14-18)28-8-1-2-9-28)12-16-3-5-20-19(11-16)24(27-26-20)17-4-6-22-23(13-17)31-15-30-22/h3-7,10-11,13-14,25H,1-2,8-9,12,15H2,(H,26,27). The van der Waals surface area contributed by atoms with Gasteiger partial charge in [0.15, 0.2) is 17.3 Å². The molecular formula is C25H23N3O3S. The van der Waals surface area contributed by atoms with Crippen LogP contribution < -0.4 is 9.47 Å². The van der Waals surface area contributed by atoms with E-state index in [1.165, 1.54) is 0 Å². The van der Waals surface area contributed by atoms with Crippen molar-refractivity contribution in [2.24, 2.45) is 0 Å². The summed E-state index contributed by atoms with van der Waals surface area (Å²) in [5.41, 5.74) is 4.87. The molecule has 4 heterocycles. The number of ether oxygens (including phenoxy) is 2. The quantitative estimate of drug-likeness (QED) is 0.454. The summed E-state index contributed by atoms with van der Waals surface area (Å²) >= 11 is 1.65. The number of hydrogen-bond acceptors (Lipinski definition) is 6. The van der Waals surface area contributed by atoms with Gasteiger partial charge in [0, 0.05) is 17.4 Å². The molecule has 1 unspecified atom stereocenters. The molecule has 2 aromatic carbocycles. The van der Waals surface area contributed by atoms with Crippen LogP contribution in [0.1, 0.15) is 30.0 Å². The molecule has 0 radical (unpaired) electrons. The second-order valence-corrected chi connectivity index (χ2v) is 9.15. The Morgan fingerprint density at radius 3 is 2.81 bits per heavy atom. The van der Waals surface area contributed by atoms with Crippen LogP contribution in [-0.2, 0) is 11.2 Å². The van der Waals surface area contributed by atoms with E-state index in [0.29, 0.717) is 6.42 Å². The van der Waals surface area contributed by atoms with Gasteiger partial charge in [0.1, 0.15) is 5.69 Å². The molecule has 7 heteroatoms. The molecule has 1 atom stereocenters. The van der Waals surface area contributed by atoms with Crippen molar-refractivity contribution >= 4 is 28.0 Å². The summed E-state index contributed by atoms with van der Waals surface area (Å²) in [5.74, 6) is 1.73. The minimum atomic E-state index is -0.155. The Kier molecular flexibility index (Phi) is 4.92. The highest BCUT2D eigenvalue weighted by atomic mass is 32.1. The normalized spacial score (nSPS) is 16.6. The van der Waals surface area contributed by atoms with Gasteiger partial charge in [-0.25, -0.2) is 0 Å². The number of aromatic nitrogens is 2. The average molecular weight is 446 g/mol. The molecule has 0 amide bonds. The Balaban J connectivity index is 1.31. The van der Waals surface area contributed by atoms with E-state index in [9.17, 15) is 4.79 Å². The van der Waals surface area contributed by atoms with Gasteiger partial charge in [-0.2, -0.15) is 16.4 Å². The van der Waals surface area contributed by atoms with Gasteiger partial charge in [-0.3, -0.25) is 14.8 Å². The summed E-state index contributed by atoms with van der Waals surface area (Å²) in [7, 11) is 0. The van der Waals surface area contributed by atoms with Crippen LogP contribution in [0, 0.1) is 0 Å². The average Bonchev–Trinajstić information content (AvgIpc) is 3.60. The van der Waals surface area contributed by atoms with Crippen molar-refractivity contribution in [1.29, 1.82) is 0 Å². The molecule has 2 aliphatic rings. The number of fused-ring (bicyclic) bond motifs is 2. The first-order chi connectivity index (χ1) is 15.8. The van der Waals surface area contributed by atoms with Gasteiger partial charge in [-0.1, -0.05) is 6.07 Å². The number of benzene rings is 2. The van der Waals surface area contributed by atoms with Crippen molar-refractivity contribution in [1.82, 2.24) is 15.1 Å². The number of thiophene rings is 1. The maximum atomic E-state index is 13.5. The van der Waals surface area contributed by atoms with Crippen LogP contribution in [0.15, 0.2) is 53.2 Å². The van der Waals surface area contributed by atoms with E-state index in [1.54, 1.807) is 11.3 Å². The minimum absolute atomic E-state index is 0.155. The van der Waals surface area contributed by atoms with E-state index in [0.717, 1.165) is 70.7 Å². The largest absolute Gasteiger partial charge is 0.454 e. The number of nitrogens with zero attached hydrogens (tertiary/aromatic N) is 2. The summed E-state index contributed by atoms with van der Waals surface area (Å²) < 4.78 is 11.0. The van der Waals surface area contributed by atoms with Crippen molar-refractivity contribution in [3.05, 3.63) is 64.4 Å². The first-order valence-corrected chi connectivity index (χ1v) is 11.9. The Morgan fingerprint density at radius 1 is 1.09 bits per heavy atom. The first-order valence-electron chi connectivity index (χ1n) is 10.9. The highest BCUT2D eigenvalue weighted by molar-refractivity contribution is 7.08. The molecule has 162 valence electrons. The summed E-state index contributed by atoms with van der Waals surface area (Å²) in [4.78, 5) is 15.8. The summed E-state index contributed by atoms with van der Waals surface area (Å²) in [6, 6.07) is 13.9. The van der Waals surface area contributed by atoms with E-state index >= 15 is 0 Å². The van der Waals surface area contributed by atoms with Gasteiger partial charge in [0.05, 0.1) is 11.6 Å². The number of Topliss-reactive ketones (excluding diaryl/α,β-unsaturated/α-hetero) is 1. The van der Waals surface area contributed by atoms with Crippen molar-refractivity contribution in [3.63, 3.8) is 0 Å². The van der Waals surface area contributed by atoms with E-state index in [-0.39, 0.29) is 18.6 Å². The lowest BCUT2D eigenvalue weighted by Crippen LogP contribution is -2.32. The number of ketones is 1. The van der Waals surface area contributed by atoms with E-state index in [2.05, 4.69) is 38.0 Å². The SMILES string of the molecule is O=C(Cc1ccc2[nH]nc(-c3ccc4c(c3)OCO4)c2c1)C(c1ccsc1)N1CCCC1. The van der Waals surface area contributed by atoms with Gasteiger partial charge in [0.25, 0.3) is 0 Å². The molecule has 4 aromatic rings. The number of carbonyl (C=O) groups is 1. The molecule has 0 spiro atoms. The van der Waals surface area contributed by atoms with Crippen LogP contribution in [0.25, 0.3) is 22.2 Å². The molecule has 6 rings (SSSR count). The fourth-order valence-electron chi connectivity index (χ4n) is 4.76. The van der Waals surface area contributed by atoms with Crippen LogP contribution in [0.5, 0.6) is 11.5 Å². The maximum Gasteiger partial charge on any atom is 0.231 e.